The summed E-state index contributed by atoms with van der Waals surface area (Å²) in [5.74, 6) is 0.907. The SMILES string of the molecule is C=CCn1c(=O)c2cnc(Nc3ccc(N4CCNCC4)c(C)c3)nc2n1-c1ccc2c(n1)[C@](O)(CC)CC2. The Bertz CT molecular complexity index is 1620. The number of anilines is 3. The first-order valence-corrected chi connectivity index (χ1v) is 13.6. The molecule has 202 valence electrons. The van der Waals surface area contributed by atoms with Crippen LogP contribution in [0.3, 0.4) is 0 Å². The van der Waals surface area contributed by atoms with Gasteiger partial charge in [0.25, 0.3) is 5.56 Å². The summed E-state index contributed by atoms with van der Waals surface area (Å²) in [4.78, 5) is 29.8. The number of fused-ring (bicyclic) bond motifs is 2. The van der Waals surface area contributed by atoms with Gasteiger partial charge in [-0.15, -0.1) is 6.58 Å². The second-order valence-corrected chi connectivity index (χ2v) is 10.3. The number of rotatable bonds is 7. The summed E-state index contributed by atoms with van der Waals surface area (Å²) in [6.07, 6.45) is 5.22. The van der Waals surface area contributed by atoms with Gasteiger partial charge in [-0.25, -0.2) is 19.3 Å². The number of aromatic nitrogens is 5. The molecule has 10 heteroatoms. The van der Waals surface area contributed by atoms with Gasteiger partial charge in [0.05, 0.1) is 12.2 Å². The Morgan fingerprint density at radius 2 is 2.03 bits per heavy atom. The summed E-state index contributed by atoms with van der Waals surface area (Å²) in [5, 5.41) is 18.2. The van der Waals surface area contributed by atoms with E-state index in [0.29, 0.717) is 41.3 Å². The van der Waals surface area contributed by atoms with Crippen LogP contribution >= 0.6 is 0 Å². The fourth-order valence-corrected chi connectivity index (χ4v) is 5.74. The van der Waals surface area contributed by atoms with E-state index in [1.165, 1.54) is 11.3 Å². The molecule has 1 fully saturated rings. The maximum atomic E-state index is 13.3. The molecule has 1 aliphatic heterocycles. The molecule has 39 heavy (non-hydrogen) atoms. The smallest absolute Gasteiger partial charge is 0.278 e. The lowest BCUT2D eigenvalue weighted by Crippen LogP contribution is -2.43. The zero-order valence-electron chi connectivity index (χ0n) is 22.4. The molecular weight excluding hydrogens is 492 g/mol. The van der Waals surface area contributed by atoms with E-state index in [-0.39, 0.29) is 12.1 Å². The molecule has 1 saturated heterocycles. The molecule has 4 heterocycles. The molecule has 0 amide bonds. The Morgan fingerprint density at radius 3 is 2.77 bits per heavy atom. The number of benzene rings is 1. The van der Waals surface area contributed by atoms with Crippen LogP contribution < -0.4 is 21.1 Å². The summed E-state index contributed by atoms with van der Waals surface area (Å²) in [6, 6.07) is 10.1. The van der Waals surface area contributed by atoms with Crippen LogP contribution in [0, 0.1) is 6.92 Å². The number of hydrogen-bond donors (Lipinski definition) is 3. The highest BCUT2D eigenvalue weighted by atomic mass is 16.3. The van der Waals surface area contributed by atoms with E-state index in [1.807, 2.05) is 25.1 Å². The lowest BCUT2D eigenvalue weighted by molar-refractivity contribution is 0.0306. The van der Waals surface area contributed by atoms with Crippen LogP contribution in [-0.2, 0) is 18.6 Å². The van der Waals surface area contributed by atoms with E-state index < -0.39 is 5.60 Å². The van der Waals surface area contributed by atoms with Gasteiger partial charge in [0, 0.05) is 43.8 Å². The summed E-state index contributed by atoms with van der Waals surface area (Å²) in [7, 11) is 0. The predicted molar refractivity (Wildman–Crippen MR) is 153 cm³/mol. The normalized spacial score (nSPS) is 18.9. The van der Waals surface area contributed by atoms with Gasteiger partial charge in [0.2, 0.25) is 5.95 Å². The molecular formula is C29H34N8O2. The first kappa shape index (κ1) is 25.3. The van der Waals surface area contributed by atoms with Crippen molar-refractivity contribution in [1.29, 1.82) is 0 Å². The van der Waals surface area contributed by atoms with E-state index in [0.717, 1.165) is 43.9 Å². The van der Waals surface area contributed by atoms with E-state index >= 15 is 0 Å². The van der Waals surface area contributed by atoms with Crippen LogP contribution in [0.2, 0.25) is 0 Å². The van der Waals surface area contributed by atoms with Crippen molar-refractivity contribution >= 4 is 28.4 Å². The van der Waals surface area contributed by atoms with Crippen molar-refractivity contribution in [3.05, 3.63) is 76.4 Å². The van der Waals surface area contributed by atoms with Gasteiger partial charge in [0.1, 0.15) is 11.0 Å². The Balaban J connectivity index is 1.40. The minimum atomic E-state index is -0.964. The molecule has 2 aliphatic rings. The fraction of sp³-hybridized carbons (Fsp3) is 0.379. The largest absolute Gasteiger partial charge is 0.384 e. The first-order chi connectivity index (χ1) is 18.9. The number of pyridine rings is 1. The molecule has 1 aromatic carbocycles. The van der Waals surface area contributed by atoms with Gasteiger partial charge in [-0.2, -0.15) is 4.98 Å². The van der Waals surface area contributed by atoms with Crippen molar-refractivity contribution in [2.24, 2.45) is 0 Å². The topological polar surface area (TPSA) is 113 Å². The highest BCUT2D eigenvalue weighted by Gasteiger charge is 2.37. The van der Waals surface area contributed by atoms with Crippen molar-refractivity contribution in [2.75, 3.05) is 36.4 Å². The zero-order valence-corrected chi connectivity index (χ0v) is 22.4. The van der Waals surface area contributed by atoms with E-state index in [1.54, 1.807) is 21.6 Å². The van der Waals surface area contributed by atoms with Crippen LogP contribution in [0.5, 0.6) is 0 Å². The van der Waals surface area contributed by atoms with Gasteiger partial charge >= 0.3 is 0 Å². The number of piperazine rings is 1. The summed E-state index contributed by atoms with van der Waals surface area (Å²) in [5.41, 5.74) is 4.23. The molecule has 0 spiro atoms. The van der Waals surface area contributed by atoms with Crippen molar-refractivity contribution in [2.45, 2.75) is 45.3 Å². The van der Waals surface area contributed by atoms with Gasteiger partial charge in [-0.05, 0) is 61.6 Å². The van der Waals surface area contributed by atoms with Crippen LogP contribution in [0.4, 0.5) is 17.3 Å². The maximum Gasteiger partial charge on any atom is 0.278 e. The molecule has 3 N–H and O–H groups in total. The molecule has 1 aliphatic carbocycles. The third-order valence-corrected chi connectivity index (χ3v) is 7.90. The van der Waals surface area contributed by atoms with Gasteiger partial charge < -0.3 is 20.6 Å². The van der Waals surface area contributed by atoms with E-state index in [4.69, 9.17) is 9.97 Å². The van der Waals surface area contributed by atoms with Crippen molar-refractivity contribution in [3.8, 4) is 5.82 Å². The second kappa shape index (κ2) is 9.94. The minimum absolute atomic E-state index is 0.222. The van der Waals surface area contributed by atoms with Crippen molar-refractivity contribution < 1.29 is 5.11 Å². The number of nitrogens with one attached hydrogen (secondary N) is 2. The summed E-state index contributed by atoms with van der Waals surface area (Å²) < 4.78 is 3.26. The summed E-state index contributed by atoms with van der Waals surface area (Å²) >= 11 is 0. The van der Waals surface area contributed by atoms with Gasteiger partial charge in [-0.1, -0.05) is 19.1 Å². The Morgan fingerprint density at radius 1 is 1.21 bits per heavy atom. The predicted octanol–water partition coefficient (Wildman–Crippen LogP) is 3.17. The zero-order chi connectivity index (χ0) is 27.1. The van der Waals surface area contributed by atoms with Crippen molar-refractivity contribution in [1.82, 2.24) is 29.6 Å². The number of allylic oxidation sites excluding steroid dienone is 1. The minimum Gasteiger partial charge on any atom is -0.384 e. The lowest BCUT2D eigenvalue weighted by atomic mass is 9.98. The Kier molecular flexibility index (Phi) is 6.44. The van der Waals surface area contributed by atoms with Crippen LogP contribution in [0.25, 0.3) is 16.9 Å². The highest BCUT2D eigenvalue weighted by molar-refractivity contribution is 5.77. The molecule has 0 saturated carbocycles. The number of hydrogen-bond acceptors (Lipinski definition) is 8. The third kappa shape index (κ3) is 4.39. The van der Waals surface area contributed by atoms with Crippen molar-refractivity contribution in [3.63, 3.8) is 0 Å². The first-order valence-electron chi connectivity index (χ1n) is 13.6. The van der Waals surface area contributed by atoms with E-state index in [9.17, 15) is 9.90 Å². The fourth-order valence-electron chi connectivity index (χ4n) is 5.74. The average Bonchev–Trinajstić information content (AvgIpc) is 3.43. The number of nitrogens with zero attached hydrogens (tertiary/aromatic N) is 6. The van der Waals surface area contributed by atoms with Crippen LogP contribution in [0.1, 0.15) is 36.6 Å². The van der Waals surface area contributed by atoms with E-state index in [2.05, 4.69) is 46.2 Å². The third-order valence-electron chi connectivity index (χ3n) is 7.90. The molecule has 0 unspecified atom stereocenters. The van der Waals surface area contributed by atoms with Crippen LogP contribution in [-0.4, -0.2) is 55.6 Å². The molecule has 0 bridgehead atoms. The molecule has 0 radical (unpaired) electrons. The highest BCUT2D eigenvalue weighted by Crippen LogP contribution is 2.38. The Hall–Kier alpha value is -4.02. The molecule has 3 aromatic heterocycles. The maximum absolute atomic E-state index is 13.3. The quantitative estimate of drug-likeness (QED) is 0.315. The van der Waals surface area contributed by atoms with Gasteiger partial charge in [-0.3, -0.25) is 4.79 Å². The molecule has 4 aromatic rings. The Labute approximate surface area is 227 Å². The number of aliphatic hydroxyl groups is 1. The molecule has 10 nitrogen and oxygen atoms in total. The monoisotopic (exact) mass is 526 g/mol. The average molecular weight is 527 g/mol. The van der Waals surface area contributed by atoms with Crippen LogP contribution in [0.15, 0.2) is 54.0 Å². The second-order valence-electron chi connectivity index (χ2n) is 10.3. The standard InChI is InChI=1S/C29H34N8O2/c1-4-14-36-27(38)22-18-31-28(32-21-7-8-23(19(3)17-21)35-15-12-30-13-16-35)34-26(22)37(36)24-9-6-20-10-11-29(39,5-2)25(20)33-24/h4,6-9,17-18,30,39H,1,5,10-16H2,2-3H3,(H,31,32,34)/t29-/m0/s1. The number of aryl methyl sites for hydroxylation is 2. The summed E-state index contributed by atoms with van der Waals surface area (Å²) in [6.45, 7) is 12.1. The van der Waals surface area contributed by atoms with Gasteiger partial charge in [0.15, 0.2) is 11.5 Å². The molecule has 6 rings (SSSR count). The lowest BCUT2D eigenvalue weighted by Gasteiger charge is -2.30. The molecule has 1 atom stereocenters.